The molecule has 1 amide bonds. The highest BCUT2D eigenvalue weighted by molar-refractivity contribution is 5.96. The third-order valence-corrected chi connectivity index (χ3v) is 4.54. The van der Waals surface area contributed by atoms with Crippen LogP contribution >= 0.6 is 0 Å². The van der Waals surface area contributed by atoms with Gasteiger partial charge >= 0.3 is 5.69 Å². The molecule has 0 bridgehead atoms. The highest BCUT2D eigenvalue weighted by Gasteiger charge is 2.20. The maximum Gasteiger partial charge on any atom is 0.328 e. The van der Waals surface area contributed by atoms with Gasteiger partial charge in [0.2, 0.25) is 0 Å². The van der Waals surface area contributed by atoms with E-state index in [4.69, 9.17) is 9.47 Å². The maximum absolute atomic E-state index is 12.7. The summed E-state index contributed by atoms with van der Waals surface area (Å²) in [6, 6.07) is 12.6. The zero-order valence-electron chi connectivity index (χ0n) is 15.9. The van der Waals surface area contributed by atoms with Crippen molar-refractivity contribution >= 4 is 22.6 Å². The minimum Gasteiger partial charge on any atom is -0.493 e. The molecular formula is C20H23N3O4. The van der Waals surface area contributed by atoms with Gasteiger partial charge in [0.25, 0.3) is 5.91 Å². The van der Waals surface area contributed by atoms with Crippen LogP contribution in [0.25, 0.3) is 11.0 Å². The SMILES string of the molecule is CC[C@H](Oc1ccccc1OC)C(=O)Nc1ccc2c(c1)n(C)c(=O)n2C. The number of nitrogens with zero attached hydrogens (tertiary/aromatic N) is 2. The van der Waals surface area contributed by atoms with E-state index in [1.807, 2.05) is 25.1 Å². The Morgan fingerprint density at radius 2 is 1.74 bits per heavy atom. The number of benzene rings is 2. The molecule has 0 aliphatic heterocycles. The molecule has 7 nitrogen and oxygen atoms in total. The van der Waals surface area contributed by atoms with Crippen LogP contribution in [-0.2, 0) is 18.9 Å². The average molecular weight is 369 g/mol. The van der Waals surface area contributed by atoms with E-state index in [2.05, 4.69) is 5.32 Å². The summed E-state index contributed by atoms with van der Waals surface area (Å²) in [7, 11) is 4.98. The average Bonchev–Trinajstić information content (AvgIpc) is 2.90. The number of anilines is 1. The van der Waals surface area contributed by atoms with Crippen LogP contribution in [0.2, 0.25) is 0 Å². The van der Waals surface area contributed by atoms with Crippen LogP contribution in [0.1, 0.15) is 13.3 Å². The molecule has 1 N–H and O–H groups in total. The fourth-order valence-electron chi connectivity index (χ4n) is 3.00. The molecule has 1 atom stereocenters. The summed E-state index contributed by atoms with van der Waals surface area (Å²) in [6.07, 6.45) is -0.174. The summed E-state index contributed by atoms with van der Waals surface area (Å²) < 4.78 is 14.2. The van der Waals surface area contributed by atoms with Crippen molar-refractivity contribution in [2.24, 2.45) is 14.1 Å². The van der Waals surface area contributed by atoms with Gasteiger partial charge in [0.05, 0.1) is 18.1 Å². The number of carbonyl (C=O) groups is 1. The van der Waals surface area contributed by atoms with Crippen LogP contribution in [-0.4, -0.2) is 28.3 Å². The van der Waals surface area contributed by atoms with Gasteiger partial charge in [0, 0.05) is 19.8 Å². The van der Waals surface area contributed by atoms with Gasteiger partial charge in [-0.3, -0.25) is 13.9 Å². The molecule has 1 aromatic heterocycles. The lowest BCUT2D eigenvalue weighted by atomic mass is 10.2. The topological polar surface area (TPSA) is 74.5 Å². The van der Waals surface area contributed by atoms with E-state index in [0.29, 0.717) is 23.6 Å². The third-order valence-electron chi connectivity index (χ3n) is 4.54. The summed E-state index contributed by atoms with van der Waals surface area (Å²) in [6.45, 7) is 1.88. The highest BCUT2D eigenvalue weighted by Crippen LogP contribution is 2.27. The number of fused-ring (bicyclic) bond motifs is 1. The Morgan fingerprint density at radius 1 is 1.07 bits per heavy atom. The van der Waals surface area contributed by atoms with Gasteiger partial charge in [0.15, 0.2) is 17.6 Å². The van der Waals surface area contributed by atoms with Gasteiger partial charge in [-0.25, -0.2) is 4.79 Å². The van der Waals surface area contributed by atoms with Crippen molar-refractivity contribution < 1.29 is 14.3 Å². The highest BCUT2D eigenvalue weighted by atomic mass is 16.5. The first kappa shape index (κ1) is 18.6. The van der Waals surface area contributed by atoms with E-state index >= 15 is 0 Å². The second-order valence-electron chi connectivity index (χ2n) is 6.26. The fourth-order valence-corrected chi connectivity index (χ4v) is 3.00. The zero-order valence-corrected chi connectivity index (χ0v) is 15.9. The first-order valence-electron chi connectivity index (χ1n) is 8.72. The number of hydrogen-bond acceptors (Lipinski definition) is 4. The maximum atomic E-state index is 12.7. The lowest BCUT2D eigenvalue weighted by Gasteiger charge is -2.19. The van der Waals surface area contributed by atoms with Gasteiger partial charge < -0.3 is 14.8 Å². The van der Waals surface area contributed by atoms with Crippen LogP contribution in [0.3, 0.4) is 0 Å². The molecule has 0 spiro atoms. The number of para-hydroxylation sites is 2. The molecular weight excluding hydrogens is 346 g/mol. The number of methoxy groups -OCH3 is 1. The molecule has 1 heterocycles. The largest absolute Gasteiger partial charge is 0.493 e. The second-order valence-corrected chi connectivity index (χ2v) is 6.26. The first-order chi connectivity index (χ1) is 13.0. The van der Waals surface area contributed by atoms with Crippen LogP contribution in [0.5, 0.6) is 11.5 Å². The van der Waals surface area contributed by atoms with E-state index in [9.17, 15) is 9.59 Å². The van der Waals surface area contributed by atoms with Crippen molar-refractivity contribution in [1.82, 2.24) is 9.13 Å². The number of imidazole rings is 1. The Balaban J connectivity index is 1.81. The minimum atomic E-state index is -0.670. The lowest BCUT2D eigenvalue weighted by molar-refractivity contribution is -0.122. The van der Waals surface area contributed by atoms with E-state index in [-0.39, 0.29) is 11.6 Å². The van der Waals surface area contributed by atoms with E-state index in [0.717, 1.165) is 11.0 Å². The van der Waals surface area contributed by atoms with Crippen LogP contribution in [0.15, 0.2) is 47.3 Å². The first-order valence-corrected chi connectivity index (χ1v) is 8.72. The number of nitrogens with one attached hydrogen (secondary N) is 1. The van der Waals surface area contributed by atoms with Gasteiger partial charge in [-0.15, -0.1) is 0 Å². The summed E-state index contributed by atoms with van der Waals surface area (Å²) >= 11 is 0. The molecule has 0 fully saturated rings. The molecule has 3 aromatic rings. The van der Waals surface area contributed by atoms with Gasteiger partial charge in [-0.2, -0.15) is 0 Å². The quantitative estimate of drug-likeness (QED) is 0.725. The van der Waals surface area contributed by atoms with Crippen molar-refractivity contribution in [3.8, 4) is 11.5 Å². The molecule has 0 aliphatic rings. The minimum absolute atomic E-state index is 0.112. The van der Waals surface area contributed by atoms with Gasteiger partial charge in [0.1, 0.15) is 0 Å². The van der Waals surface area contributed by atoms with E-state index in [1.54, 1.807) is 54.6 Å². The lowest BCUT2D eigenvalue weighted by Crippen LogP contribution is -2.32. The molecule has 7 heteroatoms. The number of ether oxygens (including phenoxy) is 2. The van der Waals surface area contributed by atoms with Gasteiger partial charge in [-0.05, 0) is 36.8 Å². The van der Waals surface area contributed by atoms with E-state index in [1.165, 1.54) is 0 Å². The van der Waals surface area contributed by atoms with Crippen molar-refractivity contribution in [3.63, 3.8) is 0 Å². The number of hydrogen-bond donors (Lipinski definition) is 1. The number of carbonyl (C=O) groups excluding carboxylic acids is 1. The Bertz CT molecular complexity index is 1040. The molecule has 142 valence electrons. The normalized spacial score (nSPS) is 12.0. The van der Waals surface area contributed by atoms with Crippen LogP contribution in [0, 0.1) is 0 Å². The van der Waals surface area contributed by atoms with Crippen molar-refractivity contribution in [2.45, 2.75) is 19.4 Å². The smallest absolute Gasteiger partial charge is 0.328 e. The summed E-state index contributed by atoms with van der Waals surface area (Å²) in [5.41, 5.74) is 2.05. The van der Waals surface area contributed by atoms with Crippen molar-refractivity contribution in [3.05, 3.63) is 52.9 Å². The zero-order chi connectivity index (χ0) is 19.6. The molecule has 0 saturated heterocycles. The summed E-state index contributed by atoms with van der Waals surface area (Å²) in [4.78, 5) is 24.7. The molecule has 27 heavy (non-hydrogen) atoms. The molecule has 0 saturated carbocycles. The molecule has 3 rings (SSSR count). The number of aryl methyl sites for hydroxylation is 2. The predicted octanol–water partition coefficient (Wildman–Crippen LogP) is 2.68. The summed E-state index contributed by atoms with van der Waals surface area (Å²) in [5.74, 6) is 0.830. The molecule has 0 radical (unpaired) electrons. The Morgan fingerprint density at radius 3 is 2.41 bits per heavy atom. The van der Waals surface area contributed by atoms with E-state index < -0.39 is 6.10 Å². The van der Waals surface area contributed by atoms with Crippen LogP contribution < -0.4 is 20.5 Å². The van der Waals surface area contributed by atoms with Gasteiger partial charge in [-0.1, -0.05) is 19.1 Å². The number of aromatic nitrogens is 2. The molecule has 0 unspecified atom stereocenters. The second kappa shape index (κ2) is 7.57. The van der Waals surface area contributed by atoms with Crippen molar-refractivity contribution in [2.75, 3.05) is 12.4 Å². The Labute approximate surface area is 157 Å². The molecule has 0 aliphatic carbocycles. The fraction of sp³-hybridized carbons (Fsp3) is 0.300. The summed E-state index contributed by atoms with van der Waals surface area (Å²) in [5, 5.41) is 2.87. The third kappa shape index (κ3) is 3.53. The standard InChI is InChI=1S/C20H23N3O4/c1-5-16(27-18-9-7-6-8-17(18)26-4)19(24)21-13-10-11-14-15(12-13)23(3)20(25)22(14)2/h6-12,16H,5H2,1-4H3,(H,21,24)/t16-/m0/s1. The predicted molar refractivity (Wildman–Crippen MR) is 104 cm³/mol. The Kier molecular flexibility index (Phi) is 5.21. The number of rotatable bonds is 6. The molecule has 2 aromatic carbocycles. The Hall–Kier alpha value is -3.22. The monoisotopic (exact) mass is 369 g/mol. The van der Waals surface area contributed by atoms with Crippen LogP contribution in [0.4, 0.5) is 5.69 Å². The van der Waals surface area contributed by atoms with Crippen molar-refractivity contribution in [1.29, 1.82) is 0 Å². The number of amides is 1.